The number of fused-ring (bicyclic) bond motifs is 2. The van der Waals surface area contributed by atoms with Crippen LogP contribution in [0.4, 0.5) is 23.0 Å². The Balaban J connectivity index is 2.16. The summed E-state index contributed by atoms with van der Waals surface area (Å²) in [7, 11) is 4.34. The third-order valence-corrected chi connectivity index (χ3v) is 22.2. The van der Waals surface area contributed by atoms with Crippen LogP contribution in [0.3, 0.4) is 0 Å². The van der Waals surface area contributed by atoms with Crippen molar-refractivity contribution in [3.8, 4) is 0 Å². The summed E-state index contributed by atoms with van der Waals surface area (Å²) >= 11 is -2.59. The number of aromatic nitrogens is 2. The summed E-state index contributed by atoms with van der Waals surface area (Å²) in [6, 6.07) is 6.65. The van der Waals surface area contributed by atoms with Crippen molar-refractivity contribution in [3.63, 3.8) is 0 Å². The number of unbranched alkanes of at least 4 members (excludes halogenated alkanes) is 3. The number of rotatable bonds is 10. The average molecular weight is 501 g/mol. The Labute approximate surface area is 181 Å². The molecule has 0 aliphatic carbocycles. The Kier molecular flexibility index (Phi) is 7.83. The molecule has 1 aliphatic rings. The van der Waals surface area contributed by atoms with Crippen molar-refractivity contribution in [1.29, 1.82) is 0 Å². The van der Waals surface area contributed by atoms with Gasteiger partial charge in [-0.1, -0.05) is 0 Å². The van der Waals surface area contributed by atoms with Crippen LogP contribution in [0.5, 0.6) is 0 Å². The van der Waals surface area contributed by atoms with Crippen LogP contribution in [-0.2, 0) is 0 Å². The molecule has 1 aliphatic heterocycles. The van der Waals surface area contributed by atoms with Gasteiger partial charge in [0.1, 0.15) is 0 Å². The van der Waals surface area contributed by atoms with E-state index in [4.69, 9.17) is 4.98 Å². The van der Waals surface area contributed by atoms with Gasteiger partial charge in [0, 0.05) is 0 Å². The third kappa shape index (κ3) is 4.42. The maximum absolute atomic E-state index is 4.84. The van der Waals surface area contributed by atoms with Crippen LogP contribution in [0.2, 0.25) is 13.3 Å². The van der Waals surface area contributed by atoms with E-state index in [0.29, 0.717) is 0 Å². The number of hydrogen-bond donors (Lipinski definition) is 0. The third-order valence-electron chi connectivity index (χ3n) is 6.60. The van der Waals surface area contributed by atoms with Crippen molar-refractivity contribution in [1.82, 2.24) is 9.97 Å². The number of anilines is 4. The van der Waals surface area contributed by atoms with Crippen LogP contribution in [-0.4, -0.2) is 42.4 Å². The molecular weight excluding hydrogens is 463 g/mol. The molecule has 29 heavy (non-hydrogen) atoms. The van der Waals surface area contributed by atoms with Crippen molar-refractivity contribution in [2.45, 2.75) is 72.6 Å². The van der Waals surface area contributed by atoms with E-state index in [1.165, 1.54) is 63.2 Å². The van der Waals surface area contributed by atoms with E-state index in [0.717, 1.165) is 11.6 Å². The van der Waals surface area contributed by atoms with E-state index in [1.54, 1.807) is 3.58 Å². The topological polar surface area (TPSA) is 32.3 Å². The van der Waals surface area contributed by atoms with Crippen molar-refractivity contribution < 1.29 is 0 Å². The van der Waals surface area contributed by atoms with Crippen LogP contribution in [0.1, 0.15) is 59.3 Å². The summed E-state index contributed by atoms with van der Waals surface area (Å²) in [4.78, 5) is 14.1. The fourth-order valence-corrected chi connectivity index (χ4v) is 21.6. The normalized spacial score (nSPS) is 13.4. The Morgan fingerprint density at radius 2 is 1.34 bits per heavy atom. The molecule has 0 radical (unpaired) electrons. The molecule has 4 nitrogen and oxygen atoms in total. The molecule has 2 aromatic rings. The molecule has 0 N–H and O–H groups in total. The van der Waals surface area contributed by atoms with Gasteiger partial charge in [-0.15, -0.1) is 0 Å². The molecule has 3 rings (SSSR count). The average Bonchev–Trinajstić information content (AvgIpc) is 2.77. The molecule has 5 heteroatoms. The summed E-state index contributed by atoms with van der Waals surface area (Å²) < 4.78 is 6.11. The van der Waals surface area contributed by atoms with Gasteiger partial charge in [-0.3, -0.25) is 0 Å². The van der Waals surface area contributed by atoms with Crippen molar-refractivity contribution in [3.05, 3.63) is 30.6 Å². The summed E-state index contributed by atoms with van der Waals surface area (Å²) in [5, 5.41) is 0. The molecule has 158 valence electrons. The fourth-order valence-electron chi connectivity index (χ4n) is 4.90. The van der Waals surface area contributed by atoms with E-state index in [9.17, 15) is 0 Å². The zero-order chi connectivity index (χ0) is 20.9. The van der Waals surface area contributed by atoms with Gasteiger partial charge >= 0.3 is 182 Å². The first kappa shape index (κ1) is 22.4. The zero-order valence-electron chi connectivity index (χ0n) is 19.0. The fraction of sp³-hybridized carbons (Fsp3) is 0.583. The Hall–Kier alpha value is -1.30. The molecule has 0 atom stereocenters. The van der Waals surface area contributed by atoms with Crippen molar-refractivity contribution in [2.75, 3.05) is 23.9 Å². The second kappa shape index (κ2) is 10.1. The van der Waals surface area contributed by atoms with Crippen molar-refractivity contribution >= 4 is 45.0 Å². The Morgan fingerprint density at radius 3 is 1.93 bits per heavy atom. The molecule has 0 fully saturated rings. The second-order valence-electron chi connectivity index (χ2n) is 8.59. The molecule has 0 spiro atoms. The quantitative estimate of drug-likeness (QED) is 0.354. The molecule has 3 heterocycles. The van der Waals surface area contributed by atoms with Crippen LogP contribution >= 0.6 is 0 Å². The molecule has 0 unspecified atom stereocenters. The van der Waals surface area contributed by atoms with Gasteiger partial charge in [0.15, 0.2) is 0 Å². The predicted molar refractivity (Wildman–Crippen MR) is 129 cm³/mol. The molecule has 0 saturated carbocycles. The van der Waals surface area contributed by atoms with Gasteiger partial charge in [-0.25, -0.2) is 0 Å². The van der Waals surface area contributed by atoms with Gasteiger partial charge in [0.25, 0.3) is 0 Å². The zero-order valence-corrected chi connectivity index (χ0v) is 21.9. The van der Waals surface area contributed by atoms with E-state index in [1.807, 2.05) is 12.3 Å². The monoisotopic (exact) mass is 502 g/mol. The molecule has 2 aromatic heterocycles. The summed E-state index contributed by atoms with van der Waals surface area (Å²) in [5.41, 5.74) is 2.56. The number of pyridine rings is 2. The summed E-state index contributed by atoms with van der Waals surface area (Å²) in [5.74, 6) is 2.09. The molecule has 0 aromatic carbocycles. The van der Waals surface area contributed by atoms with E-state index in [-0.39, 0.29) is 0 Å². The SMILES string of the molecule is CCC[CH2][Sn]([CH2]CCC)([CH2]CCC)[c]1ccnc2c1N(C)c1cccnc1N2C. The van der Waals surface area contributed by atoms with Crippen molar-refractivity contribution in [2.24, 2.45) is 0 Å². The molecular formula is C24H38N4Sn. The maximum atomic E-state index is 4.84. The van der Waals surface area contributed by atoms with Crippen LogP contribution < -0.4 is 13.4 Å². The summed E-state index contributed by atoms with van der Waals surface area (Å²) in [6.45, 7) is 7.04. The van der Waals surface area contributed by atoms with Crippen LogP contribution in [0, 0.1) is 0 Å². The first-order valence-corrected chi connectivity index (χ1v) is 19.0. The molecule has 0 saturated heterocycles. The number of hydrogen-bond acceptors (Lipinski definition) is 4. The van der Waals surface area contributed by atoms with Gasteiger partial charge in [-0.05, 0) is 0 Å². The molecule has 0 bridgehead atoms. The standard InChI is InChI=1S/C12H11N4.3C4H9.Sn/c1-15-9-5-3-7-13-11(9)16(2)12-10(15)6-4-8-14-12;3*1-3-4-2;/h3-5,7-8H,1-2H3;3*1,3-4H2,2H3;. The van der Waals surface area contributed by atoms with E-state index >= 15 is 0 Å². The minimum atomic E-state index is -2.59. The van der Waals surface area contributed by atoms with Gasteiger partial charge < -0.3 is 0 Å². The second-order valence-corrected chi connectivity index (χ2v) is 21.7. The molecule has 0 amide bonds. The van der Waals surface area contributed by atoms with Crippen LogP contribution in [0.25, 0.3) is 0 Å². The number of nitrogens with zero attached hydrogens (tertiary/aromatic N) is 4. The van der Waals surface area contributed by atoms with E-state index < -0.39 is 18.4 Å². The van der Waals surface area contributed by atoms with E-state index in [2.05, 4.69) is 68.0 Å². The first-order chi connectivity index (χ1) is 14.1. The first-order valence-electron chi connectivity index (χ1n) is 11.5. The van der Waals surface area contributed by atoms with Gasteiger partial charge in [-0.2, -0.15) is 0 Å². The minimum absolute atomic E-state index is 1.00. The summed E-state index contributed by atoms with van der Waals surface area (Å²) in [6.07, 6.45) is 12.0. The van der Waals surface area contributed by atoms with Gasteiger partial charge in [0.2, 0.25) is 0 Å². The Morgan fingerprint density at radius 1 is 0.759 bits per heavy atom. The van der Waals surface area contributed by atoms with Crippen LogP contribution in [0.15, 0.2) is 30.6 Å². The Bertz CT molecular complexity index is 785. The predicted octanol–water partition coefficient (Wildman–Crippen LogP) is 6.38. The van der Waals surface area contributed by atoms with Gasteiger partial charge in [0.05, 0.1) is 0 Å².